The second kappa shape index (κ2) is 8.88. The van der Waals surface area contributed by atoms with Crippen LogP contribution in [0.2, 0.25) is 0 Å². The molecule has 0 fully saturated rings. The van der Waals surface area contributed by atoms with Crippen molar-refractivity contribution in [3.05, 3.63) is 82.1 Å². The molecule has 0 saturated carbocycles. The minimum absolute atomic E-state index is 0.343. The Balaban J connectivity index is 1.80. The summed E-state index contributed by atoms with van der Waals surface area (Å²) in [5.74, 6) is -0.343. The summed E-state index contributed by atoms with van der Waals surface area (Å²) in [4.78, 5) is 23.0. The van der Waals surface area contributed by atoms with Gasteiger partial charge >= 0.3 is 0 Å². The zero-order chi connectivity index (χ0) is 19.1. The summed E-state index contributed by atoms with van der Waals surface area (Å²) in [5, 5.41) is 3.47. The van der Waals surface area contributed by atoms with E-state index >= 15 is 0 Å². The van der Waals surface area contributed by atoms with Crippen LogP contribution in [0.4, 0.5) is 0 Å². The third kappa shape index (κ3) is 4.78. The standard InChI is InChI=1S/C21H24N4OS/c1-16-4-5-19(27-16)21(20(22)26,10-6-17-7-12-23-13-8-17)25-14-9-18-3-2-11-24-15-18/h2-5,7-8,11-13,15,25H,6,9-10,14H2,1H3,(H2,22,26). The lowest BCUT2D eigenvalue weighted by Gasteiger charge is -2.31. The molecule has 3 aromatic heterocycles. The predicted molar refractivity (Wildman–Crippen MR) is 108 cm³/mol. The van der Waals surface area contributed by atoms with Crippen LogP contribution >= 0.6 is 11.3 Å². The van der Waals surface area contributed by atoms with Crippen LogP contribution in [-0.2, 0) is 23.2 Å². The highest BCUT2D eigenvalue weighted by molar-refractivity contribution is 7.12. The molecule has 6 heteroatoms. The number of rotatable bonds is 9. The lowest BCUT2D eigenvalue weighted by molar-refractivity contribution is -0.125. The van der Waals surface area contributed by atoms with Crippen molar-refractivity contribution in [1.82, 2.24) is 15.3 Å². The van der Waals surface area contributed by atoms with Gasteiger partial charge in [0, 0.05) is 41.1 Å². The van der Waals surface area contributed by atoms with Crippen LogP contribution in [0.15, 0.2) is 61.2 Å². The maximum Gasteiger partial charge on any atom is 0.243 e. The lowest BCUT2D eigenvalue weighted by atomic mass is 9.88. The van der Waals surface area contributed by atoms with Crippen LogP contribution in [0.3, 0.4) is 0 Å². The van der Waals surface area contributed by atoms with Crippen molar-refractivity contribution in [2.45, 2.75) is 31.7 Å². The molecule has 1 atom stereocenters. The molecule has 0 aliphatic heterocycles. The summed E-state index contributed by atoms with van der Waals surface area (Å²) in [5.41, 5.74) is 7.31. The number of nitrogens with zero attached hydrogens (tertiary/aromatic N) is 2. The van der Waals surface area contributed by atoms with E-state index in [4.69, 9.17) is 5.73 Å². The van der Waals surface area contributed by atoms with Crippen LogP contribution < -0.4 is 11.1 Å². The molecule has 3 rings (SSSR count). The number of carbonyl (C=O) groups is 1. The van der Waals surface area contributed by atoms with Crippen LogP contribution in [0.5, 0.6) is 0 Å². The van der Waals surface area contributed by atoms with Crippen molar-refractivity contribution in [1.29, 1.82) is 0 Å². The SMILES string of the molecule is Cc1ccc(C(CCc2ccncc2)(NCCc2cccnc2)C(N)=O)s1. The molecule has 0 saturated heterocycles. The van der Waals surface area contributed by atoms with E-state index < -0.39 is 5.54 Å². The van der Waals surface area contributed by atoms with Gasteiger partial charge in [0.2, 0.25) is 5.91 Å². The van der Waals surface area contributed by atoms with Gasteiger partial charge in [-0.3, -0.25) is 20.1 Å². The number of nitrogens with two attached hydrogens (primary N) is 1. The van der Waals surface area contributed by atoms with Gasteiger partial charge in [-0.15, -0.1) is 11.3 Å². The summed E-state index contributed by atoms with van der Waals surface area (Å²) in [6.45, 7) is 2.68. The van der Waals surface area contributed by atoms with Gasteiger partial charge < -0.3 is 5.73 Å². The second-order valence-electron chi connectivity index (χ2n) is 6.57. The number of aryl methyl sites for hydroxylation is 2. The van der Waals surface area contributed by atoms with Gasteiger partial charge in [0.1, 0.15) is 5.54 Å². The van der Waals surface area contributed by atoms with Crippen molar-refractivity contribution in [2.75, 3.05) is 6.54 Å². The van der Waals surface area contributed by atoms with Gasteiger partial charge in [-0.1, -0.05) is 6.07 Å². The number of pyridine rings is 2. The molecular weight excluding hydrogens is 356 g/mol. The molecule has 3 aromatic rings. The number of hydrogen-bond acceptors (Lipinski definition) is 5. The smallest absolute Gasteiger partial charge is 0.243 e. The Bertz CT molecular complexity index is 866. The first-order chi connectivity index (χ1) is 13.1. The van der Waals surface area contributed by atoms with Crippen LogP contribution in [-0.4, -0.2) is 22.4 Å². The van der Waals surface area contributed by atoms with E-state index in [9.17, 15) is 4.79 Å². The summed E-state index contributed by atoms with van der Waals surface area (Å²) < 4.78 is 0. The Morgan fingerprint density at radius 2 is 1.89 bits per heavy atom. The molecule has 1 amide bonds. The molecule has 0 aliphatic carbocycles. The normalized spacial score (nSPS) is 13.2. The van der Waals surface area contributed by atoms with Gasteiger partial charge in [-0.2, -0.15) is 0 Å². The molecule has 0 aromatic carbocycles. The minimum atomic E-state index is -0.885. The first-order valence-electron chi connectivity index (χ1n) is 9.00. The van der Waals surface area contributed by atoms with Gasteiger partial charge in [-0.25, -0.2) is 0 Å². The topological polar surface area (TPSA) is 80.9 Å². The predicted octanol–water partition coefficient (Wildman–Crippen LogP) is 2.99. The Morgan fingerprint density at radius 3 is 2.52 bits per heavy atom. The summed E-state index contributed by atoms with van der Waals surface area (Å²) in [7, 11) is 0. The molecule has 3 N–H and O–H groups in total. The lowest BCUT2D eigenvalue weighted by Crippen LogP contribution is -2.53. The highest BCUT2D eigenvalue weighted by Crippen LogP contribution is 2.32. The fourth-order valence-corrected chi connectivity index (χ4v) is 4.21. The van der Waals surface area contributed by atoms with Gasteiger partial charge in [0.05, 0.1) is 0 Å². The summed E-state index contributed by atoms with van der Waals surface area (Å²) >= 11 is 1.62. The molecule has 0 radical (unpaired) electrons. The molecule has 1 unspecified atom stereocenters. The largest absolute Gasteiger partial charge is 0.368 e. The molecule has 27 heavy (non-hydrogen) atoms. The number of nitrogens with one attached hydrogen (secondary N) is 1. The van der Waals surface area contributed by atoms with Crippen LogP contribution in [0, 0.1) is 6.92 Å². The van der Waals surface area contributed by atoms with E-state index in [0.717, 1.165) is 33.7 Å². The fourth-order valence-electron chi connectivity index (χ4n) is 3.14. The molecule has 140 valence electrons. The number of aromatic nitrogens is 2. The van der Waals surface area contributed by atoms with Gasteiger partial charge in [0.15, 0.2) is 0 Å². The number of amides is 1. The summed E-state index contributed by atoms with van der Waals surface area (Å²) in [6, 6.07) is 11.9. The number of carbonyl (C=O) groups excluding carboxylic acids is 1. The average Bonchev–Trinajstić information content (AvgIpc) is 3.12. The Morgan fingerprint density at radius 1 is 1.07 bits per heavy atom. The maximum atomic E-state index is 12.6. The number of thiophene rings is 1. The molecule has 0 spiro atoms. The molecule has 0 bridgehead atoms. The Kier molecular flexibility index (Phi) is 6.32. The van der Waals surface area contributed by atoms with Crippen LogP contribution in [0.1, 0.15) is 27.3 Å². The third-order valence-corrected chi connectivity index (χ3v) is 5.85. The maximum absolute atomic E-state index is 12.6. The number of primary amides is 1. The highest BCUT2D eigenvalue weighted by atomic mass is 32.1. The monoisotopic (exact) mass is 380 g/mol. The summed E-state index contributed by atoms with van der Waals surface area (Å²) in [6.07, 6.45) is 9.26. The van der Waals surface area contributed by atoms with E-state index in [-0.39, 0.29) is 5.91 Å². The zero-order valence-electron chi connectivity index (χ0n) is 15.4. The van der Waals surface area contributed by atoms with Crippen molar-refractivity contribution in [3.63, 3.8) is 0 Å². The first-order valence-corrected chi connectivity index (χ1v) is 9.81. The molecule has 5 nitrogen and oxygen atoms in total. The van der Waals surface area contributed by atoms with Crippen molar-refractivity contribution >= 4 is 17.2 Å². The molecular formula is C21H24N4OS. The quantitative estimate of drug-likeness (QED) is 0.598. The van der Waals surface area contributed by atoms with Gasteiger partial charge in [-0.05, 0) is 67.6 Å². The van der Waals surface area contributed by atoms with Crippen LogP contribution in [0.25, 0.3) is 0 Å². The Hall–Kier alpha value is -2.57. The average molecular weight is 381 g/mol. The minimum Gasteiger partial charge on any atom is -0.368 e. The van der Waals surface area contributed by atoms with Crippen molar-refractivity contribution in [2.24, 2.45) is 5.73 Å². The van der Waals surface area contributed by atoms with Crippen molar-refractivity contribution in [3.8, 4) is 0 Å². The second-order valence-corrected chi connectivity index (χ2v) is 7.86. The zero-order valence-corrected chi connectivity index (χ0v) is 16.2. The van der Waals surface area contributed by atoms with E-state index in [1.165, 1.54) is 0 Å². The number of hydrogen-bond donors (Lipinski definition) is 2. The molecule has 3 heterocycles. The molecule has 0 aliphatic rings. The van der Waals surface area contributed by atoms with E-state index in [1.807, 2.05) is 49.5 Å². The van der Waals surface area contributed by atoms with Gasteiger partial charge in [0.25, 0.3) is 0 Å². The third-order valence-electron chi connectivity index (χ3n) is 4.68. The highest BCUT2D eigenvalue weighted by Gasteiger charge is 2.39. The Labute approximate surface area is 163 Å². The first kappa shape index (κ1) is 19.2. The fraction of sp³-hybridized carbons (Fsp3) is 0.286. The van der Waals surface area contributed by atoms with E-state index in [2.05, 4.69) is 15.3 Å². The van der Waals surface area contributed by atoms with E-state index in [0.29, 0.717) is 13.0 Å². The van der Waals surface area contributed by atoms with E-state index in [1.54, 1.807) is 29.9 Å². The van der Waals surface area contributed by atoms with Crippen molar-refractivity contribution < 1.29 is 4.79 Å².